The topological polar surface area (TPSA) is 59.4 Å². The van der Waals surface area contributed by atoms with E-state index in [1.54, 1.807) is 6.07 Å². The zero-order chi connectivity index (χ0) is 27.5. The molecular weight excluding hydrogens is 570 g/mol. The summed E-state index contributed by atoms with van der Waals surface area (Å²) in [4.78, 5) is 14.7. The lowest BCUT2D eigenvalue weighted by molar-refractivity contribution is 0.00148. The maximum absolute atomic E-state index is 15.0. The fourth-order valence-electron chi connectivity index (χ4n) is 6.48. The second-order valence-corrected chi connectivity index (χ2v) is 13.4. The van der Waals surface area contributed by atoms with Gasteiger partial charge in [0.05, 0.1) is 40.2 Å². The quantitative estimate of drug-likeness (QED) is 0.261. The van der Waals surface area contributed by atoms with E-state index < -0.39 is 5.82 Å². The maximum Gasteiger partial charge on any atom is 0.264 e. The molecule has 1 saturated heterocycles. The molecule has 1 amide bonds. The molecule has 1 aromatic heterocycles. The summed E-state index contributed by atoms with van der Waals surface area (Å²) in [6.07, 6.45) is 8.43. The fraction of sp³-hybridized carbons (Fsp3) is 0.467. The smallest absolute Gasteiger partial charge is 0.264 e. The van der Waals surface area contributed by atoms with Gasteiger partial charge in [0.1, 0.15) is 11.5 Å². The Morgan fingerprint density at radius 2 is 1.93 bits per heavy atom. The van der Waals surface area contributed by atoms with E-state index in [0.29, 0.717) is 39.4 Å². The monoisotopic (exact) mass is 600 g/mol. The van der Waals surface area contributed by atoms with Crippen molar-refractivity contribution in [3.8, 4) is 5.69 Å². The first kappa shape index (κ1) is 26.6. The lowest BCUT2D eigenvalue weighted by Gasteiger charge is -2.39. The van der Waals surface area contributed by atoms with Crippen molar-refractivity contribution in [2.45, 2.75) is 81.4 Å². The lowest BCUT2D eigenvalue weighted by Crippen LogP contribution is -2.45. The second kappa shape index (κ2) is 10.5. The first-order valence-electron chi connectivity index (χ1n) is 14.1. The average molecular weight is 602 g/mol. The highest BCUT2D eigenvalue weighted by Gasteiger charge is 2.50. The zero-order valence-corrected chi connectivity index (χ0v) is 24.5. The van der Waals surface area contributed by atoms with Gasteiger partial charge in [0.15, 0.2) is 0 Å². The first-order chi connectivity index (χ1) is 19.4. The van der Waals surface area contributed by atoms with Crippen molar-refractivity contribution in [2.24, 2.45) is 5.92 Å². The van der Waals surface area contributed by atoms with Crippen LogP contribution in [0.1, 0.15) is 73.0 Å². The highest BCUT2D eigenvalue weighted by Crippen LogP contribution is 2.48. The zero-order valence-electron chi connectivity index (χ0n) is 22.2. The van der Waals surface area contributed by atoms with Gasteiger partial charge in [0.25, 0.3) is 5.91 Å². The average Bonchev–Trinajstić information content (AvgIpc) is 3.85. The van der Waals surface area contributed by atoms with Crippen LogP contribution in [-0.2, 0) is 11.3 Å². The van der Waals surface area contributed by atoms with Crippen LogP contribution >= 0.6 is 35.1 Å². The summed E-state index contributed by atoms with van der Waals surface area (Å²) in [6.45, 7) is 2.62. The number of para-hydroxylation sites is 1. The number of nitrogens with zero attached hydrogens (tertiary/aromatic N) is 3. The van der Waals surface area contributed by atoms with Crippen LogP contribution in [-0.4, -0.2) is 39.1 Å². The second-order valence-electron chi connectivity index (χ2n) is 11.5. The van der Waals surface area contributed by atoms with Crippen molar-refractivity contribution in [1.29, 1.82) is 0 Å². The fourth-order valence-corrected chi connectivity index (χ4v) is 7.79. The molecular formula is C30H31Cl2FN4O2S. The predicted octanol–water partition coefficient (Wildman–Crippen LogP) is 7.31. The number of nitrogens with one attached hydrogen (secondary N) is 1. The van der Waals surface area contributed by atoms with Crippen LogP contribution in [0.5, 0.6) is 0 Å². The van der Waals surface area contributed by atoms with Crippen molar-refractivity contribution < 1.29 is 13.9 Å². The molecule has 2 bridgehead atoms. The number of benzene rings is 2. The number of rotatable bonds is 9. The summed E-state index contributed by atoms with van der Waals surface area (Å²) in [5.74, 6) is -0.00695. The standard InChI is InChI=1S/C30H31Cl2FN4O2S/c1-16-22-11-19(36(16)18-7-10-21(26(33)12-18)30(38)35-40-20-8-9-20)13-28(22)39-15-27-23(17-5-6-17)14-34-37(27)29-24(31)3-2-4-25(29)32/h2-4,7,10,12,14,16-17,19-20,22,28H,5-6,8-9,11,13,15H2,1H3,(H,35,38). The van der Waals surface area contributed by atoms with E-state index in [0.717, 1.165) is 49.9 Å². The molecule has 6 nitrogen and oxygen atoms in total. The third-order valence-corrected chi connectivity index (χ3v) is 10.5. The largest absolute Gasteiger partial charge is 0.371 e. The van der Waals surface area contributed by atoms with E-state index >= 15 is 4.39 Å². The predicted molar refractivity (Wildman–Crippen MR) is 157 cm³/mol. The van der Waals surface area contributed by atoms with Crippen LogP contribution in [0.2, 0.25) is 10.0 Å². The van der Waals surface area contributed by atoms with Crippen molar-refractivity contribution in [1.82, 2.24) is 14.5 Å². The molecule has 3 aliphatic carbocycles. The minimum Gasteiger partial charge on any atom is -0.371 e. The number of carbonyl (C=O) groups is 1. The number of aromatic nitrogens is 2. The molecule has 0 radical (unpaired) electrons. The van der Waals surface area contributed by atoms with E-state index in [1.807, 2.05) is 35.1 Å². The molecule has 1 N–H and O–H groups in total. The Morgan fingerprint density at radius 3 is 2.60 bits per heavy atom. The number of amides is 1. The van der Waals surface area contributed by atoms with E-state index in [4.69, 9.17) is 27.9 Å². The Labute approximate surface area is 247 Å². The Hall–Kier alpha value is -2.26. The highest BCUT2D eigenvalue weighted by atomic mass is 35.5. The number of carbonyl (C=O) groups excluding carboxylic acids is 1. The molecule has 3 saturated carbocycles. The van der Waals surface area contributed by atoms with Gasteiger partial charge in [0, 0.05) is 28.9 Å². The number of hydrogen-bond acceptors (Lipinski definition) is 5. The Bertz CT molecular complexity index is 1440. The van der Waals surface area contributed by atoms with Gasteiger partial charge in [-0.3, -0.25) is 9.52 Å². The SMILES string of the molecule is CC1C2CC(CC2OCc2c(C3CC3)cnn2-c2c(Cl)cccc2Cl)N1c1ccc(C(=O)NSC2CC2)c(F)c1. The number of ether oxygens (including phenoxy) is 1. The maximum atomic E-state index is 15.0. The molecule has 4 fully saturated rings. The third kappa shape index (κ3) is 4.91. The van der Waals surface area contributed by atoms with Gasteiger partial charge in [-0.25, -0.2) is 9.07 Å². The molecule has 4 aliphatic rings. The van der Waals surface area contributed by atoms with Gasteiger partial charge in [-0.15, -0.1) is 0 Å². The van der Waals surface area contributed by atoms with E-state index in [9.17, 15) is 4.79 Å². The number of fused-ring (bicyclic) bond motifs is 2. The summed E-state index contributed by atoms with van der Waals surface area (Å²) in [7, 11) is 0. The normalized spacial score (nSPS) is 25.6. The van der Waals surface area contributed by atoms with E-state index in [2.05, 4.69) is 21.6 Å². The summed E-state index contributed by atoms with van der Waals surface area (Å²) in [5, 5.41) is 6.26. The number of anilines is 1. The molecule has 210 valence electrons. The number of hydrogen-bond donors (Lipinski definition) is 1. The van der Waals surface area contributed by atoms with Gasteiger partial charge in [-0.1, -0.05) is 29.3 Å². The van der Waals surface area contributed by atoms with Crippen LogP contribution in [0.25, 0.3) is 5.69 Å². The Kier molecular flexibility index (Phi) is 7.01. The number of piperidine rings is 1. The van der Waals surface area contributed by atoms with Gasteiger partial charge in [-0.05, 0) is 99.2 Å². The summed E-state index contributed by atoms with van der Waals surface area (Å²) in [6, 6.07) is 10.9. The minimum atomic E-state index is -0.478. The van der Waals surface area contributed by atoms with Gasteiger partial charge >= 0.3 is 0 Å². The van der Waals surface area contributed by atoms with Gasteiger partial charge in [-0.2, -0.15) is 5.10 Å². The Balaban J connectivity index is 1.05. The minimum absolute atomic E-state index is 0.0943. The van der Waals surface area contributed by atoms with Gasteiger partial charge < -0.3 is 9.64 Å². The highest BCUT2D eigenvalue weighted by molar-refractivity contribution is 7.98. The van der Waals surface area contributed by atoms with Crippen LogP contribution in [0.3, 0.4) is 0 Å². The van der Waals surface area contributed by atoms with Crippen LogP contribution < -0.4 is 9.62 Å². The molecule has 3 aromatic rings. The molecule has 4 atom stereocenters. The van der Waals surface area contributed by atoms with Crippen LogP contribution in [0.4, 0.5) is 10.1 Å². The molecule has 1 aliphatic heterocycles. The summed E-state index contributed by atoms with van der Waals surface area (Å²) >= 11 is 14.5. The molecule has 4 unspecified atom stereocenters. The van der Waals surface area contributed by atoms with Crippen molar-refractivity contribution in [2.75, 3.05) is 4.90 Å². The molecule has 2 heterocycles. The Morgan fingerprint density at radius 1 is 1.15 bits per heavy atom. The summed E-state index contributed by atoms with van der Waals surface area (Å²) in [5.41, 5.74) is 3.83. The van der Waals surface area contributed by atoms with E-state index in [-0.39, 0.29) is 29.7 Å². The van der Waals surface area contributed by atoms with Crippen molar-refractivity contribution >= 4 is 46.7 Å². The molecule has 0 spiro atoms. The third-order valence-electron chi connectivity index (χ3n) is 8.82. The van der Waals surface area contributed by atoms with Crippen LogP contribution in [0, 0.1) is 11.7 Å². The molecule has 40 heavy (non-hydrogen) atoms. The van der Waals surface area contributed by atoms with E-state index in [1.165, 1.54) is 23.6 Å². The molecule has 10 heteroatoms. The van der Waals surface area contributed by atoms with Crippen LogP contribution in [0.15, 0.2) is 42.6 Å². The molecule has 7 rings (SSSR count). The molecule has 2 aromatic carbocycles. The van der Waals surface area contributed by atoms with Gasteiger partial charge in [0.2, 0.25) is 0 Å². The summed E-state index contributed by atoms with van der Waals surface area (Å²) < 4.78 is 26.3. The lowest BCUT2D eigenvalue weighted by atomic mass is 9.96. The first-order valence-corrected chi connectivity index (χ1v) is 15.7. The van der Waals surface area contributed by atoms with Crippen molar-refractivity contribution in [3.63, 3.8) is 0 Å². The number of halogens is 3. The van der Waals surface area contributed by atoms with Crippen molar-refractivity contribution in [3.05, 3.63) is 75.3 Å².